The van der Waals surface area contributed by atoms with E-state index in [0.29, 0.717) is 23.2 Å². The Morgan fingerprint density at radius 1 is 0.840 bits per heavy atom. The second-order valence-electron chi connectivity index (χ2n) is 5.95. The number of nitrogens with zero attached hydrogens (tertiary/aromatic N) is 1. The quantitative estimate of drug-likeness (QED) is 0.661. The molecule has 126 valence electrons. The number of ketones is 1. The highest BCUT2D eigenvalue weighted by Gasteiger charge is 2.15. The fraction of sp³-hybridized carbons (Fsp3) is 0.143. The standard InChI is InChI=1S/C21H19NO3/c1-15-8-13-19(25-15)14-22(2)21(24)18-11-9-17(10-12-18)20(23)16-6-4-3-5-7-16/h3-13H,14H2,1-2H3. The Morgan fingerprint density at radius 2 is 1.44 bits per heavy atom. The van der Waals surface area contributed by atoms with Crippen molar-refractivity contribution in [2.75, 3.05) is 7.05 Å². The van der Waals surface area contributed by atoms with Gasteiger partial charge in [0, 0.05) is 23.7 Å². The maximum absolute atomic E-state index is 12.5. The van der Waals surface area contributed by atoms with Gasteiger partial charge in [0.1, 0.15) is 11.5 Å². The summed E-state index contributed by atoms with van der Waals surface area (Å²) < 4.78 is 5.50. The molecule has 0 aliphatic heterocycles. The maximum Gasteiger partial charge on any atom is 0.254 e. The first-order valence-corrected chi connectivity index (χ1v) is 8.05. The van der Waals surface area contributed by atoms with Crippen LogP contribution in [-0.2, 0) is 6.54 Å². The van der Waals surface area contributed by atoms with Gasteiger partial charge < -0.3 is 9.32 Å². The van der Waals surface area contributed by atoms with Gasteiger partial charge in [-0.15, -0.1) is 0 Å². The van der Waals surface area contributed by atoms with Crippen LogP contribution < -0.4 is 0 Å². The fourth-order valence-corrected chi connectivity index (χ4v) is 2.62. The van der Waals surface area contributed by atoms with E-state index < -0.39 is 0 Å². The van der Waals surface area contributed by atoms with Crippen LogP contribution >= 0.6 is 0 Å². The van der Waals surface area contributed by atoms with Gasteiger partial charge in [-0.3, -0.25) is 9.59 Å². The normalized spacial score (nSPS) is 10.5. The number of amides is 1. The highest BCUT2D eigenvalue weighted by molar-refractivity contribution is 6.09. The number of furan rings is 1. The van der Waals surface area contributed by atoms with Crippen molar-refractivity contribution in [2.24, 2.45) is 0 Å². The third kappa shape index (κ3) is 3.86. The highest BCUT2D eigenvalue weighted by Crippen LogP contribution is 2.14. The molecule has 3 aromatic rings. The van der Waals surface area contributed by atoms with Gasteiger partial charge in [0.05, 0.1) is 6.54 Å². The summed E-state index contributed by atoms with van der Waals surface area (Å²) >= 11 is 0. The maximum atomic E-state index is 12.5. The smallest absolute Gasteiger partial charge is 0.254 e. The van der Waals surface area contributed by atoms with E-state index in [9.17, 15) is 9.59 Å². The summed E-state index contributed by atoms with van der Waals surface area (Å²) in [5.74, 6) is 1.38. The molecule has 2 aromatic carbocycles. The molecule has 0 atom stereocenters. The summed E-state index contributed by atoms with van der Waals surface area (Å²) in [6.07, 6.45) is 0. The predicted molar refractivity (Wildman–Crippen MR) is 95.6 cm³/mol. The SMILES string of the molecule is Cc1ccc(CN(C)C(=O)c2ccc(C(=O)c3ccccc3)cc2)o1. The first-order chi connectivity index (χ1) is 12.0. The third-order valence-corrected chi connectivity index (χ3v) is 3.97. The Labute approximate surface area is 146 Å². The van der Waals surface area contributed by atoms with Crippen LogP contribution in [0.2, 0.25) is 0 Å². The van der Waals surface area contributed by atoms with Crippen LogP contribution in [0, 0.1) is 6.92 Å². The van der Waals surface area contributed by atoms with E-state index in [1.807, 2.05) is 37.3 Å². The van der Waals surface area contributed by atoms with Crippen molar-refractivity contribution in [3.63, 3.8) is 0 Å². The lowest BCUT2D eigenvalue weighted by Gasteiger charge is -2.16. The molecule has 1 heterocycles. The molecule has 0 aliphatic rings. The third-order valence-electron chi connectivity index (χ3n) is 3.97. The largest absolute Gasteiger partial charge is 0.464 e. The molecule has 4 heteroatoms. The van der Waals surface area contributed by atoms with E-state index in [2.05, 4.69) is 0 Å². The first kappa shape index (κ1) is 16.7. The molecule has 0 spiro atoms. The summed E-state index contributed by atoms with van der Waals surface area (Å²) in [4.78, 5) is 26.5. The molecule has 0 N–H and O–H groups in total. The summed E-state index contributed by atoms with van der Waals surface area (Å²) in [7, 11) is 1.73. The number of hydrogen-bond acceptors (Lipinski definition) is 3. The number of aryl methyl sites for hydroxylation is 1. The van der Waals surface area contributed by atoms with E-state index in [1.54, 1.807) is 48.3 Å². The molecule has 0 saturated carbocycles. The lowest BCUT2D eigenvalue weighted by atomic mass is 10.0. The second kappa shape index (κ2) is 7.18. The molecule has 0 radical (unpaired) electrons. The zero-order chi connectivity index (χ0) is 17.8. The number of hydrogen-bond donors (Lipinski definition) is 0. The van der Waals surface area contributed by atoms with Crippen molar-refractivity contribution < 1.29 is 14.0 Å². The zero-order valence-electron chi connectivity index (χ0n) is 14.2. The van der Waals surface area contributed by atoms with Crippen molar-refractivity contribution in [3.8, 4) is 0 Å². The zero-order valence-corrected chi connectivity index (χ0v) is 14.2. The predicted octanol–water partition coefficient (Wildman–Crippen LogP) is 4.09. The minimum Gasteiger partial charge on any atom is -0.464 e. The van der Waals surface area contributed by atoms with Crippen molar-refractivity contribution in [3.05, 3.63) is 94.9 Å². The Morgan fingerprint density at radius 3 is 2.04 bits per heavy atom. The number of rotatable bonds is 5. The molecule has 0 unspecified atom stereocenters. The molecule has 0 saturated heterocycles. The molecular formula is C21H19NO3. The van der Waals surface area contributed by atoms with Gasteiger partial charge in [0.25, 0.3) is 5.91 Å². The lowest BCUT2D eigenvalue weighted by molar-refractivity contribution is 0.0774. The number of carbonyl (C=O) groups excluding carboxylic acids is 2. The van der Waals surface area contributed by atoms with Gasteiger partial charge in [-0.1, -0.05) is 42.5 Å². The van der Waals surface area contributed by atoms with Gasteiger partial charge >= 0.3 is 0 Å². The Kier molecular flexibility index (Phi) is 4.80. The van der Waals surface area contributed by atoms with Crippen molar-refractivity contribution in [1.82, 2.24) is 4.90 Å². The van der Waals surface area contributed by atoms with Crippen molar-refractivity contribution in [1.29, 1.82) is 0 Å². The molecule has 3 rings (SSSR count). The average Bonchev–Trinajstić information content (AvgIpc) is 3.06. The van der Waals surface area contributed by atoms with Crippen LogP contribution in [0.1, 0.15) is 37.8 Å². The topological polar surface area (TPSA) is 50.5 Å². The minimum absolute atomic E-state index is 0.0565. The molecule has 1 amide bonds. The summed E-state index contributed by atoms with van der Waals surface area (Å²) in [6.45, 7) is 2.27. The average molecular weight is 333 g/mol. The van der Waals surface area contributed by atoms with Crippen LogP contribution in [-0.4, -0.2) is 23.6 Å². The molecule has 0 fully saturated rings. The molecule has 0 bridgehead atoms. The van der Waals surface area contributed by atoms with E-state index >= 15 is 0 Å². The van der Waals surface area contributed by atoms with Crippen molar-refractivity contribution >= 4 is 11.7 Å². The minimum atomic E-state index is -0.118. The van der Waals surface area contributed by atoms with E-state index in [-0.39, 0.29) is 11.7 Å². The van der Waals surface area contributed by atoms with Crippen molar-refractivity contribution in [2.45, 2.75) is 13.5 Å². The highest BCUT2D eigenvalue weighted by atomic mass is 16.3. The summed E-state index contributed by atoms with van der Waals surface area (Å²) in [6, 6.07) is 19.6. The Balaban J connectivity index is 1.71. The van der Waals surface area contributed by atoms with E-state index in [4.69, 9.17) is 4.42 Å². The lowest BCUT2D eigenvalue weighted by Crippen LogP contribution is -2.26. The Hall–Kier alpha value is -3.14. The van der Waals surface area contributed by atoms with Crippen LogP contribution in [0.25, 0.3) is 0 Å². The molecule has 1 aromatic heterocycles. The second-order valence-corrected chi connectivity index (χ2v) is 5.95. The van der Waals surface area contributed by atoms with E-state index in [0.717, 1.165) is 11.5 Å². The fourth-order valence-electron chi connectivity index (χ4n) is 2.62. The Bertz CT molecular complexity index is 879. The number of benzene rings is 2. The first-order valence-electron chi connectivity index (χ1n) is 8.05. The summed E-state index contributed by atoms with van der Waals surface area (Å²) in [5.41, 5.74) is 1.73. The summed E-state index contributed by atoms with van der Waals surface area (Å²) in [5, 5.41) is 0. The van der Waals surface area contributed by atoms with Gasteiger partial charge in [-0.2, -0.15) is 0 Å². The van der Waals surface area contributed by atoms with Crippen LogP contribution in [0.4, 0.5) is 0 Å². The van der Waals surface area contributed by atoms with Crippen LogP contribution in [0.3, 0.4) is 0 Å². The molecule has 25 heavy (non-hydrogen) atoms. The van der Waals surface area contributed by atoms with Crippen LogP contribution in [0.15, 0.2) is 71.1 Å². The van der Waals surface area contributed by atoms with Gasteiger partial charge in [0.2, 0.25) is 0 Å². The number of carbonyl (C=O) groups is 2. The van der Waals surface area contributed by atoms with Crippen LogP contribution in [0.5, 0.6) is 0 Å². The van der Waals surface area contributed by atoms with E-state index in [1.165, 1.54) is 0 Å². The molecular weight excluding hydrogens is 314 g/mol. The monoisotopic (exact) mass is 333 g/mol. The molecule has 4 nitrogen and oxygen atoms in total. The van der Waals surface area contributed by atoms with Gasteiger partial charge in [0.15, 0.2) is 5.78 Å². The van der Waals surface area contributed by atoms with Gasteiger partial charge in [-0.25, -0.2) is 0 Å². The molecule has 0 aliphatic carbocycles. The van der Waals surface area contributed by atoms with Gasteiger partial charge in [-0.05, 0) is 31.2 Å².